The molecule has 13 heteroatoms. The summed E-state index contributed by atoms with van der Waals surface area (Å²) in [7, 11) is 0. The van der Waals surface area contributed by atoms with Gasteiger partial charge in [0.05, 0.1) is 38.1 Å². The van der Waals surface area contributed by atoms with Crippen LogP contribution in [0.5, 0.6) is 0 Å². The third-order valence-corrected chi connectivity index (χ3v) is 7.68. The van der Waals surface area contributed by atoms with E-state index in [9.17, 15) is 40.9 Å². The summed E-state index contributed by atoms with van der Waals surface area (Å²) in [6.45, 7) is 7.07. The van der Waals surface area contributed by atoms with E-state index in [4.69, 9.17) is 23.7 Å². The van der Waals surface area contributed by atoms with Crippen molar-refractivity contribution in [3.63, 3.8) is 0 Å². The fraction of sp³-hybridized carbons (Fsp3) is 1.00. The zero-order valence-electron chi connectivity index (χ0n) is 21.9. The Kier molecular flexibility index (Phi) is 10.3. The van der Waals surface area contributed by atoms with Crippen molar-refractivity contribution in [2.45, 2.75) is 114 Å². The SMILES string of the molecule is CC1[C@H](O[C@H]2C(CO)O[C@@H](O[C@@H]3C(CO)O[C@@H](C(C)(C)C)C(O)[C@H]3O)C(O)[C@H]2C)OC(CO)[C@H](O)[C@@H]1O. The smallest absolute Gasteiger partial charge is 0.184 e. The van der Waals surface area contributed by atoms with Crippen LogP contribution in [0.4, 0.5) is 0 Å². The highest BCUT2D eigenvalue weighted by atomic mass is 16.7. The number of hydrogen-bond donors (Lipinski definition) is 8. The minimum absolute atomic E-state index is 0.522. The number of aliphatic hydroxyl groups is 8. The topological polar surface area (TPSA) is 208 Å². The van der Waals surface area contributed by atoms with Crippen molar-refractivity contribution < 1.29 is 64.5 Å². The largest absolute Gasteiger partial charge is 0.394 e. The van der Waals surface area contributed by atoms with Crippen LogP contribution in [0, 0.1) is 17.3 Å². The first-order valence-electron chi connectivity index (χ1n) is 12.8. The maximum atomic E-state index is 11.0. The molecule has 15 atom stereocenters. The first-order chi connectivity index (χ1) is 17.3. The summed E-state index contributed by atoms with van der Waals surface area (Å²) in [6, 6.07) is 0. The molecule has 0 aromatic rings. The van der Waals surface area contributed by atoms with Gasteiger partial charge in [-0.1, -0.05) is 34.6 Å². The number of ether oxygens (including phenoxy) is 5. The monoisotopic (exact) mass is 540 g/mol. The Morgan fingerprint density at radius 2 is 1.08 bits per heavy atom. The van der Waals surface area contributed by atoms with E-state index in [0.29, 0.717) is 0 Å². The van der Waals surface area contributed by atoms with Crippen LogP contribution >= 0.6 is 0 Å². The average Bonchev–Trinajstić information content (AvgIpc) is 2.85. The summed E-state index contributed by atoms with van der Waals surface area (Å²) >= 11 is 0. The molecule has 3 aliphatic heterocycles. The second-order valence-electron chi connectivity index (χ2n) is 11.5. The molecule has 218 valence electrons. The van der Waals surface area contributed by atoms with Crippen LogP contribution < -0.4 is 0 Å². The summed E-state index contributed by atoms with van der Waals surface area (Å²) in [5.41, 5.74) is -0.544. The Bertz CT molecular complexity index is 713. The Labute approximate surface area is 216 Å². The maximum absolute atomic E-state index is 11.0. The van der Waals surface area contributed by atoms with E-state index in [2.05, 4.69) is 0 Å². The van der Waals surface area contributed by atoms with Gasteiger partial charge in [0.2, 0.25) is 0 Å². The average molecular weight is 541 g/mol. The molecular formula is C24H44O13. The molecule has 0 aliphatic carbocycles. The molecule has 6 unspecified atom stereocenters. The molecule has 0 bridgehead atoms. The first-order valence-corrected chi connectivity index (χ1v) is 12.8. The van der Waals surface area contributed by atoms with Crippen LogP contribution in [0.3, 0.4) is 0 Å². The van der Waals surface area contributed by atoms with Gasteiger partial charge in [-0.05, 0) is 5.41 Å². The van der Waals surface area contributed by atoms with Gasteiger partial charge in [0, 0.05) is 11.8 Å². The lowest BCUT2D eigenvalue weighted by atomic mass is 9.80. The van der Waals surface area contributed by atoms with Crippen LogP contribution in [0.2, 0.25) is 0 Å². The van der Waals surface area contributed by atoms with Gasteiger partial charge < -0.3 is 64.5 Å². The van der Waals surface area contributed by atoms with Crippen molar-refractivity contribution in [2.24, 2.45) is 17.3 Å². The number of hydrogen-bond acceptors (Lipinski definition) is 13. The molecular weight excluding hydrogens is 496 g/mol. The molecule has 3 saturated heterocycles. The molecule has 8 N–H and O–H groups in total. The minimum Gasteiger partial charge on any atom is -0.394 e. The van der Waals surface area contributed by atoms with E-state index < -0.39 is 117 Å². The molecule has 0 radical (unpaired) electrons. The lowest BCUT2D eigenvalue weighted by molar-refractivity contribution is -0.363. The van der Waals surface area contributed by atoms with Crippen LogP contribution in [0.15, 0.2) is 0 Å². The van der Waals surface area contributed by atoms with Crippen molar-refractivity contribution in [3.8, 4) is 0 Å². The van der Waals surface area contributed by atoms with Crippen LogP contribution in [-0.4, -0.2) is 140 Å². The molecule has 37 heavy (non-hydrogen) atoms. The molecule has 3 aliphatic rings. The van der Waals surface area contributed by atoms with Crippen molar-refractivity contribution in [2.75, 3.05) is 19.8 Å². The summed E-state index contributed by atoms with van der Waals surface area (Å²) in [6.07, 6.45) is -15.2. The predicted molar refractivity (Wildman–Crippen MR) is 125 cm³/mol. The van der Waals surface area contributed by atoms with E-state index in [1.165, 1.54) is 0 Å². The summed E-state index contributed by atoms with van der Waals surface area (Å²) in [4.78, 5) is 0. The molecule has 3 rings (SSSR count). The maximum Gasteiger partial charge on any atom is 0.184 e. The van der Waals surface area contributed by atoms with Gasteiger partial charge in [0.1, 0.15) is 48.8 Å². The molecule has 0 amide bonds. The van der Waals surface area contributed by atoms with Gasteiger partial charge in [-0.2, -0.15) is 0 Å². The predicted octanol–water partition coefficient (Wildman–Crippen LogP) is -2.93. The standard InChI is InChI=1S/C24H44O13/c1-9-15(29)23(37-20-13(8-27)33-21(24(3,4)5)18(32)17(20)31)35-12(7-26)19(9)36-22-10(2)14(28)16(30)11(6-25)34-22/h9-23,25-32H,6-8H2,1-5H3/t9-,10?,11?,12?,13?,14-,15?,16+,17-,18?,19-,20-,21-,22+,23+/m1/s1. The Hall–Kier alpha value is -0.520. The second kappa shape index (κ2) is 12.3. The van der Waals surface area contributed by atoms with Crippen molar-refractivity contribution >= 4 is 0 Å². The lowest BCUT2D eigenvalue weighted by Gasteiger charge is -2.50. The van der Waals surface area contributed by atoms with Gasteiger partial charge in [0.15, 0.2) is 12.6 Å². The molecule has 0 saturated carbocycles. The Morgan fingerprint density at radius 1 is 0.568 bits per heavy atom. The number of rotatable bonds is 7. The first kappa shape index (κ1) is 31.0. The molecule has 0 aromatic heterocycles. The minimum atomic E-state index is -1.46. The number of aliphatic hydroxyl groups excluding tert-OH is 8. The lowest BCUT2D eigenvalue weighted by Crippen LogP contribution is -2.65. The third kappa shape index (κ3) is 6.30. The quantitative estimate of drug-likeness (QED) is 0.163. The van der Waals surface area contributed by atoms with Gasteiger partial charge in [-0.25, -0.2) is 0 Å². The fourth-order valence-electron chi connectivity index (χ4n) is 5.24. The van der Waals surface area contributed by atoms with E-state index in [1.54, 1.807) is 13.8 Å². The summed E-state index contributed by atoms with van der Waals surface area (Å²) in [5.74, 6) is -1.42. The fourth-order valence-corrected chi connectivity index (χ4v) is 5.24. The zero-order valence-corrected chi connectivity index (χ0v) is 21.9. The van der Waals surface area contributed by atoms with Crippen molar-refractivity contribution in [3.05, 3.63) is 0 Å². The van der Waals surface area contributed by atoms with E-state index >= 15 is 0 Å². The van der Waals surface area contributed by atoms with Crippen LogP contribution in [0.25, 0.3) is 0 Å². The molecule has 3 fully saturated rings. The molecule has 0 aromatic carbocycles. The van der Waals surface area contributed by atoms with E-state index in [-0.39, 0.29) is 0 Å². The highest BCUT2D eigenvalue weighted by Gasteiger charge is 2.53. The van der Waals surface area contributed by atoms with Gasteiger partial charge in [0.25, 0.3) is 0 Å². The van der Waals surface area contributed by atoms with Gasteiger partial charge in [-0.15, -0.1) is 0 Å². The van der Waals surface area contributed by atoms with Crippen LogP contribution in [-0.2, 0) is 23.7 Å². The zero-order chi connectivity index (χ0) is 27.8. The highest BCUT2D eigenvalue weighted by molar-refractivity contribution is 4.98. The summed E-state index contributed by atoms with van der Waals surface area (Å²) < 4.78 is 29.1. The second-order valence-corrected chi connectivity index (χ2v) is 11.5. The van der Waals surface area contributed by atoms with E-state index in [0.717, 1.165) is 0 Å². The Morgan fingerprint density at radius 3 is 1.62 bits per heavy atom. The van der Waals surface area contributed by atoms with Crippen molar-refractivity contribution in [1.29, 1.82) is 0 Å². The molecule has 13 nitrogen and oxygen atoms in total. The molecule has 3 heterocycles. The van der Waals surface area contributed by atoms with Gasteiger partial charge >= 0.3 is 0 Å². The summed E-state index contributed by atoms with van der Waals surface area (Å²) in [5, 5.41) is 82.3. The third-order valence-electron chi connectivity index (χ3n) is 7.68. The highest BCUT2D eigenvalue weighted by Crippen LogP contribution is 2.38. The van der Waals surface area contributed by atoms with E-state index in [1.807, 2.05) is 20.8 Å². The van der Waals surface area contributed by atoms with Crippen molar-refractivity contribution in [1.82, 2.24) is 0 Å². The van der Waals surface area contributed by atoms with Gasteiger partial charge in [-0.3, -0.25) is 0 Å². The normalized spacial score (nSPS) is 49.7. The molecule has 0 spiro atoms. The Balaban J connectivity index is 1.73. The van der Waals surface area contributed by atoms with Crippen LogP contribution in [0.1, 0.15) is 34.6 Å².